The number of benzene rings is 2. The molecule has 32 heavy (non-hydrogen) atoms. The van der Waals surface area contributed by atoms with Crippen LogP contribution in [0, 0.1) is 11.3 Å². The molecule has 0 radical (unpaired) electrons. The lowest BCUT2D eigenvalue weighted by Gasteiger charge is -2.28. The van der Waals surface area contributed by atoms with Gasteiger partial charge in [0.05, 0.1) is 0 Å². The van der Waals surface area contributed by atoms with E-state index in [2.05, 4.69) is 82.8 Å². The largest absolute Gasteiger partial charge is 0.0996 e. The summed E-state index contributed by atoms with van der Waals surface area (Å²) in [5.74, 6) is 1.31. The van der Waals surface area contributed by atoms with E-state index < -0.39 is 0 Å². The van der Waals surface area contributed by atoms with Gasteiger partial charge in [0.25, 0.3) is 0 Å². The van der Waals surface area contributed by atoms with Crippen LogP contribution in [0.2, 0.25) is 0 Å². The van der Waals surface area contributed by atoms with Crippen molar-refractivity contribution in [3.05, 3.63) is 76.9 Å². The molecule has 0 heteroatoms. The summed E-state index contributed by atoms with van der Waals surface area (Å²) in [5.41, 5.74) is 10.5. The molecule has 2 aliphatic carbocycles. The van der Waals surface area contributed by atoms with E-state index in [1.54, 1.807) is 5.56 Å². The number of rotatable bonds is 8. The quantitative estimate of drug-likeness (QED) is 0.369. The maximum Gasteiger partial charge on any atom is -0.00879 e. The molecular weight excluding hydrogens is 384 g/mol. The highest BCUT2D eigenvalue weighted by atomic mass is 14.3. The molecule has 2 aromatic carbocycles. The molecule has 4 rings (SSSR count). The maximum atomic E-state index is 4.35. The summed E-state index contributed by atoms with van der Waals surface area (Å²) in [4.78, 5) is 0. The molecule has 0 aromatic heterocycles. The molecule has 0 nitrogen and oxygen atoms in total. The Kier molecular flexibility index (Phi) is 7.08. The number of hydrogen-bond acceptors (Lipinski definition) is 0. The second-order valence-corrected chi connectivity index (χ2v) is 11.4. The van der Waals surface area contributed by atoms with E-state index in [0.717, 1.165) is 25.2 Å². The van der Waals surface area contributed by atoms with E-state index in [0.29, 0.717) is 11.3 Å². The van der Waals surface area contributed by atoms with Crippen LogP contribution in [0.3, 0.4) is 0 Å². The molecule has 170 valence electrons. The van der Waals surface area contributed by atoms with Crippen molar-refractivity contribution in [3.63, 3.8) is 0 Å². The highest BCUT2D eigenvalue weighted by Gasteiger charge is 2.22. The van der Waals surface area contributed by atoms with Crippen LogP contribution in [-0.4, -0.2) is 0 Å². The van der Waals surface area contributed by atoms with Crippen molar-refractivity contribution >= 4 is 6.08 Å². The maximum absolute atomic E-state index is 4.35. The number of aryl methyl sites for hydroxylation is 1. The van der Waals surface area contributed by atoms with E-state index in [1.807, 2.05) is 0 Å². The van der Waals surface area contributed by atoms with Gasteiger partial charge in [-0.3, -0.25) is 0 Å². The molecule has 2 aromatic rings. The van der Waals surface area contributed by atoms with Crippen LogP contribution in [0.25, 0.3) is 17.2 Å². The zero-order valence-electron chi connectivity index (χ0n) is 20.8. The Balaban J connectivity index is 1.63. The van der Waals surface area contributed by atoms with Gasteiger partial charge < -0.3 is 0 Å². The predicted octanol–water partition coefficient (Wildman–Crippen LogP) is 9.53. The molecule has 0 amide bonds. The first-order valence-corrected chi connectivity index (χ1v) is 12.9. The Hall–Kier alpha value is -2.08. The van der Waals surface area contributed by atoms with E-state index in [9.17, 15) is 0 Å². The Bertz CT molecular complexity index is 979. The minimum absolute atomic E-state index is 0.291. The fourth-order valence-corrected chi connectivity index (χ4v) is 5.62. The summed E-state index contributed by atoms with van der Waals surface area (Å²) in [5, 5.41) is 0. The zero-order chi connectivity index (χ0) is 22.7. The van der Waals surface area contributed by atoms with Crippen LogP contribution in [0.5, 0.6) is 0 Å². The van der Waals surface area contributed by atoms with Crippen LogP contribution in [0.4, 0.5) is 0 Å². The molecule has 0 N–H and O–H groups in total. The van der Waals surface area contributed by atoms with Crippen molar-refractivity contribution < 1.29 is 0 Å². The first-order chi connectivity index (χ1) is 15.3. The summed E-state index contributed by atoms with van der Waals surface area (Å²) in [6.07, 6.45) is 16.1. The molecule has 0 atom stereocenters. The molecule has 0 bridgehead atoms. The third-order valence-electron chi connectivity index (χ3n) is 7.83. The molecule has 0 unspecified atom stereocenters. The summed E-state index contributed by atoms with van der Waals surface area (Å²) in [6, 6.07) is 14.4. The van der Waals surface area contributed by atoms with Crippen molar-refractivity contribution in [1.29, 1.82) is 0 Å². The van der Waals surface area contributed by atoms with Gasteiger partial charge in [0.15, 0.2) is 0 Å². The predicted molar refractivity (Wildman–Crippen MR) is 141 cm³/mol. The van der Waals surface area contributed by atoms with E-state index in [-0.39, 0.29) is 0 Å². The highest BCUT2D eigenvalue weighted by Crippen LogP contribution is 2.39. The van der Waals surface area contributed by atoms with Crippen LogP contribution in [0.15, 0.2) is 54.6 Å². The molecule has 0 spiro atoms. The summed E-state index contributed by atoms with van der Waals surface area (Å²) >= 11 is 0. The standard InChI is InChI=1S/C32H42/c1-23(2)24(3)22-32(4,5)18-17-25-19-28(26-11-7-6-8-12-26)21-29(20-25)31-16-10-14-27-13-9-15-30(27)31/h9-10,14-16,19-21,23,26H,3,6-8,11-13,17-18,22H2,1-2,4-5H3. The van der Waals surface area contributed by atoms with Gasteiger partial charge in [0.1, 0.15) is 0 Å². The lowest BCUT2D eigenvalue weighted by molar-refractivity contribution is 0.323. The Morgan fingerprint density at radius 2 is 1.84 bits per heavy atom. The Morgan fingerprint density at radius 1 is 1.06 bits per heavy atom. The van der Waals surface area contributed by atoms with Crippen LogP contribution < -0.4 is 0 Å². The topological polar surface area (TPSA) is 0 Å². The van der Waals surface area contributed by atoms with Gasteiger partial charge in [0, 0.05) is 0 Å². The highest BCUT2D eigenvalue weighted by molar-refractivity contribution is 5.80. The van der Waals surface area contributed by atoms with Gasteiger partial charge in [-0.2, -0.15) is 0 Å². The lowest BCUT2D eigenvalue weighted by Crippen LogP contribution is -2.15. The normalized spacial score (nSPS) is 16.5. The molecule has 1 fully saturated rings. The van der Waals surface area contributed by atoms with Gasteiger partial charge in [-0.1, -0.05) is 108 Å². The molecule has 1 saturated carbocycles. The van der Waals surface area contributed by atoms with Crippen molar-refractivity contribution in [3.8, 4) is 11.1 Å². The van der Waals surface area contributed by atoms with Crippen molar-refractivity contribution in [2.24, 2.45) is 11.3 Å². The van der Waals surface area contributed by atoms with Gasteiger partial charge in [-0.05, 0) is 89.2 Å². The minimum atomic E-state index is 0.291. The van der Waals surface area contributed by atoms with Crippen LogP contribution in [0.1, 0.15) is 101 Å². The van der Waals surface area contributed by atoms with E-state index >= 15 is 0 Å². The molecule has 0 heterocycles. The zero-order valence-corrected chi connectivity index (χ0v) is 20.8. The van der Waals surface area contributed by atoms with E-state index in [4.69, 9.17) is 0 Å². The van der Waals surface area contributed by atoms with Gasteiger partial charge >= 0.3 is 0 Å². The summed E-state index contributed by atoms with van der Waals surface area (Å²) in [6.45, 7) is 13.7. The van der Waals surface area contributed by atoms with E-state index in [1.165, 1.54) is 71.9 Å². The molecule has 2 aliphatic rings. The third kappa shape index (κ3) is 5.45. The Labute approximate surface area is 196 Å². The minimum Gasteiger partial charge on any atom is -0.0996 e. The van der Waals surface area contributed by atoms with Gasteiger partial charge in [0.2, 0.25) is 0 Å². The second kappa shape index (κ2) is 9.82. The molecular formula is C32H42. The molecule has 0 saturated heterocycles. The average Bonchev–Trinajstić information content (AvgIpc) is 3.27. The average molecular weight is 427 g/mol. The lowest BCUT2D eigenvalue weighted by atomic mass is 9.77. The smallest absolute Gasteiger partial charge is 0.00879 e. The first-order valence-electron chi connectivity index (χ1n) is 12.9. The fraction of sp³-hybridized carbons (Fsp3) is 0.500. The summed E-state index contributed by atoms with van der Waals surface area (Å²) < 4.78 is 0. The summed E-state index contributed by atoms with van der Waals surface area (Å²) in [7, 11) is 0. The van der Waals surface area contributed by atoms with Crippen LogP contribution in [-0.2, 0) is 12.8 Å². The van der Waals surface area contributed by atoms with Gasteiger partial charge in [-0.15, -0.1) is 0 Å². The second-order valence-electron chi connectivity index (χ2n) is 11.4. The Morgan fingerprint density at radius 3 is 2.59 bits per heavy atom. The number of hydrogen-bond donors (Lipinski definition) is 0. The van der Waals surface area contributed by atoms with Crippen molar-refractivity contribution in [2.75, 3.05) is 0 Å². The van der Waals surface area contributed by atoms with Crippen molar-refractivity contribution in [2.45, 2.75) is 91.4 Å². The number of allylic oxidation sites excluding steroid dienone is 2. The molecule has 0 aliphatic heterocycles. The van der Waals surface area contributed by atoms with Crippen molar-refractivity contribution in [1.82, 2.24) is 0 Å². The number of fused-ring (bicyclic) bond motifs is 1. The van der Waals surface area contributed by atoms with Gasteiger partial charge in [-0.25, -0.2) is 0 Å². The SMILES string of the molecule is C=C(CC(C)(C)CCc1cc(-c2cccc3c2C=CC3)cc(C2CCCCC2)c1)C(C)C. The fourth-order valence-electron chi connectivity index (χ4n) is 5.62. The third-order valence-corrected chi connectivity index (χ3v) is 7.83. The monoisotopic (exact) mass is 426 g/mol. The first kappa shape index (κ1) is 23.1. The van der Waals surface area contributed by atoms with Crippen LogP contribution >= 0.6 is 0 Å².